The summed E-state index contributed by atoms with van der Waals surface area (Å²) in [6, 6.07) is 0. The van der Waals surface area contributed by atoms with Crippen LogP contribution in [0.25, 0.3) is 0 Å². The van der Waals surface area contributed by atoms with Crippen LogP contribution in [0, 0.1) is 11.8 Å². The molecule has 2 aliphatic rings. The fourth-order valence-electron chi connectivity index (χ4n) is 4.73. The van der Waals surface area contributed by atoms with E-state index in [4.69, 9.17) is 14.3 Å². The Balaban J connectivity index is 2.27. The van der Waals surface area contributed by atoms with E-state index >= 15 is 0 Å². The summed E-state index contributed by atoms with van der Waals surface area (Å²) in [6.07, 6.45) is 6.69. The molecule has 0 bridgehead atoms. The molecule has 6 heteroatoms. The van der Waals surface area contributed by atoms with Gasteiger partial charge in [0.25, 0.3) is 0 Å². The van der Waals surface area contributed by atoms with Crippen LogP contribution in [-0.4, -0.2) is 48.4 Å². The van der Waals surface area contributed by atoms with Gasteiger partial charge in [0.15, 0.2) is 5.92 Å². The topological polar surface area (TPSA) is 65.1 Å². The summed E-state index contributed by atoms with van der Waals surface area (Å²) in [5, 5.41) is 2.12. The lowest BCUT2D eigenvalue weighted by molar-refractivity contribution is -0.318. The number of ether oxygens (including phenoxy) is 2. The summed E-state index contributed by atoms with van der Waals surface area (Å²) in [6.45, 7) is 8.79. The van der Waals surface area contributed by atoms with Crippen LogP contribution >= 0.6 is 0 Å². The van der Waals surface area contributed by atoms with E-state index in [1.807, 2.05) is 0 Å². The zero-order valence-corrected chi connectivity index (χ0v) is 17.2. The molecule has 0 aromatic rings. The van der Waals surface area contributed by atoms with Crippen molar-refractivity contribution in [1.29, 1.82) is 0 Å². The molecule has 0 amide bonds. The average molecular weight is 370 g/mol. The van der Waals surface area contributed by atoms with Crippen LogP contribution in [0.2, 0.25) is 0 Å². The third-order valence-corrected chi connectivity index (χ3v) is 6.01. The van der Waals surface area contributed by atoms with Gasteiger partial charge in [-0.05, 0) is 59.8 Å². The zero-order valence-electron chi connectivity index (χ0n) is 17.2. The number of methoxy groups -OCH3 is 2. The van der Waals surface area contributed by atoms with Crippen molar-refractivity contribution in [2.45, 2.75) is 89.8 Å². The van der Waals surface area contributed by atoms with Crippen LogP contribution in [0.4, 0.5) is 0 Å². The van der Waals surface area contributed by atoms with Crippen molar-refractivity contribution in [3.63, 3.8) is 0 Å². The summed E-state index contributed by atoms with van der Waals surface area (Å²) < 4.78 is 9.80. The Bertz CT molecular complexity index is 484. The quantitative estimate of drug-likeness (QED) is 0.546. The van der Waals surface area contributed by atoms with Gasteiger partial charge in [-0.15, -0.1) is 0 Å². The van der Waals surface area contributed by atoms with E-state index in [1.54, 1.807) is 0 Å². The fraction of sp³-hybridized carbons (Fsp3) is 0.900. The average Bonchev–Trinajstić information content (AvgIpc) is 2.58. The molecule has 0 radical (unpaired) electrons. The van der Waals surface area contributed by atoms with Crippen molar-refractivity contribution in [3.05, 3.63) is 0 Å². The molecule has 2 unspecified atom stereocenters. The fourth-order valence-corrected chi connectivity index (χ4v) is 4.73. The normalized spacial score (nSPS) is 28.6. The molecule has 1 saturated carbocycles. The standard InChI is InChI=1S/C20H35NO5/c1-19(2)12-9-13-20(3,4)21(19)26-15-11-8-7-10-14(15)16(17(22)24-5)18(23)25-6/h14-16H,7-13H2,1-6H3. The van der Waals surface area contributed by atoms with E-state index in [0.717, 1.165) is 38.5 Å². The number of carbonyl (C=O) groups is 2. The molecule has 6 nitrogen and oxygen atoms in total. The maximum absolute atomic E-state index is 12.3. The van der Waals surface area contributed by atoms with Gasteiger partial charge in [0.1, 0.15) is 0 Å². The highest BCUT2D eigenvalue weighted by Gasteiger charge is 2.48. The number of hydrogen-bond acceptors (Lipinski definition) is 6. The number of piperidine rings is 1. The van der Waals surface area contributed by atoms with E-state index in [2.05, 4.69) is 32.8 Å². The summed E-state index contributed by atoms with van der Waals surface area (Å²) in [7, 11) is 2.63. The Hall–Kier alpha value is -1.14. The molecular weight excluding hydrogens is 334 g/mol. The first kappa shape index (κ1) is 21.2. The molecule has 26 heavy (non-hydrogen) atoms. The van der Waals surface area contributed by atoms with Crippen molar-refractivity contribution in [1.82, 2.24) is 5.06 Å². The lowest BCUT2D eigenvalue weighted by Gasteiger charge is -2.53. The maximum atomic E-state index is 12.3. The molecule has 0 N–H and O–H groups in total. The number of hydroxylamine groups is 2. The van der Waals surface area contributed by atoms with E-state index in [9.17, 15) is 9.59 Å². The third kappa shape index (κ3) is 4.39. The minimum atomic E-state index is -0.925. The summed E-state index contributed by atoms with van der Waals surface area (Å²) in [5.74, 6) is -2.22. The summed E-state index contributed by atoms with van der Waals surface area (Å²) in [4.78, 5) is 31.2. The molecule has 1 saturated heterocycles. The molecule has 2 rings (SSSR count). The van der Waals surface area contributed by atoms with E-state index in [0.29, 0.717) is 0 Å². The molecule has 150 valence electrons. The number of nitrogens with zero attached hydrogens (tertiary/aromatic N) is 1. The Kier molecular flexibility index (Phi) is 6.72. The molecule has 0 aromatic carbocycles. The Labute approximate surface area is 157 Å². The predicted octanol–water partition coefficient (Wildman–Crippen LogP) is 3.48. The number of esters is 2. The van der Waals surface area contributed by atoms with Crippen LogP contribution in [0.5, 0.6) is 0 Å². The second-order valence-electron chi connectivity index (χ2n) is 8.89. The maximum Gasteiger partial charge on any atom is 0.320 e. The number of rotatable bonds is 5. The van der Waals surface area contributed by atoms with Gasteiger partial charge in [-0.2, -0.15) is 5.06 Å². The van der Waals surface area contributed by atoms with Gasteiger partial charge >= 0.3 is 11.9 Å². The zero-order chi connectivity index (χ0) is 19.5. The molecule has 1 aliphatic carbocycles. The molecule has 1 aliphatic heterocycles. The summed E-state index contributed by atoms with van der Waals surface area (Å²) >= 11 is 0. The van der Waals surface area contributed by atoms with Crippen LogP contribution < -0.4 is 0 Å². The van der Waals surface area contributed by atoms with Crippen molar-refractivity contribution in [2.75, 3.05) is 14.2 Å². The van der Waals surface area contributed by atoms with Crippen molar-refractivity contribution < 1.29 is 23.9 Å². The van der Waals surface area contributed by atoms with Crippen molar-refractivity contribution >= 4 is 11.9 Å². The van der Waals surface area contributed by atoms with Gasteiger partial charge in [0, 0.05) is 17.0 Å². The van der Waals surface area contributed by atoms with Crippen LogP contribution in [-0.2, 0) is 23.9 Å². The monoisotopic (exact) mass is 369 g/mol. The van der Waals surface area contributed by atoms with Gasteiger partial charge in [-0.25, -0.2) is 0 Å². The first-order valence-electron chi connectivity index (χ1n) is 9.77. The highest BCUT2D eigenvalue weighted by atomic mass is 16.7. The van der Waals surface area contributed by atoms with Crippen LogP contribution in [0.15, 0.2) is 0 Å². The van der Waals surface area contributed by atoms with Gasteiger partial charge in [0.2, 0.25) is 0 Å². The number of carbonyl (C=O) groups excluding carboxylic acids is 2. The van der Waals surface area contributed by atoms with Gasteiger partial charge in [-0.3, -0.25) is 14.4 Å². The minimum absolute atomic E-state index is 0.0875. The Morgan fingerprint density at radius 3 is 1.88 bits per heavy atom. The van der Waals surface area contributed by atoms with Crippen LogP contribution in [0.1, 0.15) is 72.6 Å². The SMILES string of the molecule is COC(=O)C(C(=O)OC)C1CCCCC1ON1C(C)(C)CCCC1(C)C. The van der Waals surface area contributed by atoms with Gasteiger partial charge in [0.05, 0.1) is 20.3 Å². The van der Waals surface area contributed by atoms with E-state index in [-0.39, 0.29) is 23.1 Å². The smallest absolute Gasteiger partial charge is 0.320 e. The van der Waals surface area contributed by atoms with E-state index in [1.165, 1.54) is 20.6 Å². The molecule has 2 atom stereocenters. The second-order valence-corrected chi connectivity index (χ2v) is 8.89. The predicted molar refractivity (Wildman–Crippen MR) is 98.2 cm³/mol. The molecular formula is C20H35NO5. The first-order chi connectivity index (χ1) is 12.1. The largest absolute Gasteiger partial charge is 0.468 e. The second kappa shape index (κ2) is 8.26. The van der Waals surface area contributed by atoms with Crippen molar-refractivity contribution in [2.24, 2.45) is 11.8 Å². The Morgan fingerprint density at radius 2 is 1.38 bits per heavy atom. The van der Waals surface area contributed by atoms with Gasteiger partial charge < -0.3 is 9.47 Å². The molecule has 0 aromatic heterocycles. The third-order valence-electron chi connectivity index (χ3n) is 6.01. The number of hydrogen-bond donors (Lipinski definition) is 0. The highest BCUT2D eigenvalue weighted by Crippen LogP contribution is 2.42. The lowest BCUT2D eigenvalue weighted by Crippen LogP contribution is -2.60. The highest BCUT2D eigenvalue weighted by molar-refractivity contribution is 5.95. The molecule has 1 heterocycles. The van der Waals surface area contributed by atoms with Gasteiger partial charge in [-0.1, -0.05) is 12.8 Å². The van der Waals surface area contributed by atoms with Crippen LogP contribution in [0.3, 0.4) is 0 Å². The lowest BCUT2D eigenvalue weighted by atomic mass is 9.77. The van der Waals surface area contributed by atoms with E-state index < -0.39 is 17.9 Å². The van der Waals surface area contributed by atoms with Crippen molar-refractivity contribution in [3.8, 4) is 0 Å². The summed E-state index contributed by atoms with van der Waals surface area (Å²) in [5.41, 5.74) is -0.175. The molecule has 0 spiro atoms. The minimum Gasteiger partial charge on any atom is -0.468 e. The first-order valence-corrected chi connectivity index (χ1v) is 9.77. The molecule has 2 fully saturated rings. The Morgan fingerprint density at radius 1 is 0.885 bits per heavy atom.